The van der Waals surface area contributed by atoms with Gasteiger partial charge in [-0.1, -0.05) is 12.1 Å². The van der Waals surface area contributed by atoms with Crippen LogP contribution in [-0.4, -0.2) is 17.5 Å². The molecule has 1 atom stereocenters. The molecule has 2 heterocycles. The van der Waals surface area contributed by atoms with E-state index in [1.807, 2.05) is 6.07 Å². The number of carbonyl (C=O) groups excluding carboxylic acids is 1. The summed E-state index contributed by atoms with van der Waals surface area (Å²) in [6, 6.07) is 11.1. The van der Waals surface area contributed by atoms with E-state index in [1.165, 1.54) is 19.1 Å². The van der Waals surface area contributed by atoms with Gasteiger partial charge in [-0.25, -0.2) is 4.79 Å². The van der Waals surface area contributed by atoms with Crippen molar-refractivity contribution in [2.45, 2.75) is 19.8 Å². The summed E-state index contributed by atoms with van der Waals surface area (Å²) in [4.78, 5) is 23.3. The molecule has 0 amide bonds. The number of hydrogen-bond donors (Lipinski definition) is 1. The molecule has 1 aromatic carbocycles. The van der Waals surface area contributed by atoms with Gasteiger partial charge in [0.1, 0.15) is 28.9 Å². The van der Waals surface area contributed by atoms with Crippen molar-refractivity contribution >= 4 is 11.7 Å². The van der Waals surface area contributed by atoms with Gasteiger partial charge in [-0.3, -0.25) is 10.1 Å². The number of nitro benzene ring substituents is 1. The Kier molecular flexibility index (Phi) is 5.36. The lowest BCUT2D eigenvalue weighted by Gasteiger charge is -2.25. The predicted octanol–water partition coefficient (Wildman–Crippen LogP) is 3.50. The summed E-state index contributed by atoms with van der Waals surface area (Å²) in [6.07, 6.45) is 0. The van der Waals surface area contributed by atoms with E-state index in [0.29, 0.717) is 0 Å². The quantitative estimate of drug-likeness (QED) is 0.460. The van der Waals surface area contributed by atoms with E-state index in [-0.39, 0.29) is 52.2 Å². The van der Waals surface area contributed by atoms with Gasteiger partial charge in [0.15, 0.2) is 0 Å². The summed E-state index contributed by atoms with van der Waals surface area (Å²) in [7, 11) is 0. The molecule has 3 rings (SSSR count). The fourth-order valence-electron chi connectivity index (χ4n) is 3.13. The van der Waals surface area contributed by atoms with E-state index in [2.05, 4.69) is 0 Å². The number of nitro groups is 1. The highest BCUT2D eigenvalue weighted by molar-refractivity contribution is 5.92. The molecule has 0 aliphatic carbocycles. The van der Waals surface area contributed by atoms with Gasteiger partial charge in [0.25, 0.3) is 5.69 Å². The zero-order chi connectivity index (χ0) is 21.1. The normalized spacial score (nSPS) is 16.2. The molecule has 2 N–H and O–H groups in total. The Labute approximate surface area is 165 Å². The van der Waals surface area contributed by atoms with Gasteiger partial charge in [0.2, 0.25) is 5.88 Å². The van der Waals surface area contributed by atoms with Crippen LogP contribution in [0.1, 0.15) is 25.5 Å². The van der Waals surface area contributed by atoms with Gasteiger partial charge in [0, 0.05) is 6.07 Å². The van der Waals surface area contributed by atoms with Crippen molar-refractivity contribution in [1.82, 2.24) is 0 Å². The second kappa shape index (κ2) is 7.90. The van der Waals surface area contributed by atoms with Gasteiger partial charge in [-0.15, -0.1) is 0 Å². The van der Waals surface area contributed by atoms with Crippen molar-refractivity contribution < 1.29 is 23.6 Å². The molecule has 0 bridgehead atoms. The first-order valence-corrected chi connectivity index (χ1v) is 8.68. The first kappa shape index (κ1) is 19.7. The molecular weight excluding hydrogens is 378 g/mol. The van der Waals surface area contributed by atoms with Crippen LogP contribution in [0.15, 0.2) is 63.6 Å². The molecule has 1 aromatic heterocycles. The summed E-state index contributed by atoms with van der Waals surface area (Å²) in [5.74, 6) is -1.15. The van der Waals surface area contributed by atoms with Gasteiger partial charge >= 0.3 is 5.97 Å². The van der Waals surface area contributed by atoms with Crippen LogP contribution in [0.2, 0.25) is 0 Å². The molecule has 29 heavy (non-hydrogen) atoms. The number of furan rings is 1. The monoisotopic (exact) mass is 395 g/mol. The number of rotatable bonds is 5. The maximum atomic E-state index is 12.5. The van der Waals surface area contributed by atoms with Crippen molar-refractivity contribution in [2.75, 3.05) is 6.61 Å². The number of hydrogen-bond acceptors (Lipinski definition) is 8. The third-order valence-electron chi connectivity index (χ3n) is 4.38. The van der Waals surface area contributed by atoms with Gasteiger partial charge in [-0.2, -0.15) is 5.26 Å². The third-order valence-corrected chi connectivity index (χ3v) is 4.38. The molecule has 0 radical (unpaired) electrons. The van der Waals surface area contributed by atoms with Crippen LogP contribution in [0.4, 0.5) is 5.69 Å². The third kappa shape index (κ3) is 3.55. The van der Waals surface area contributed by atoms with Crippen LogP contribution in [0.25, 0.3) is 11.3 Å². The molecule has 9 heteroatoms. The standard InChI is InChI=1S/C20H17N3O6/c1-3-27-20(24)17-11(2)28-19(22)13(10-21)18(17)16-9-8-15(29-16)12-6-4-5-7-14(12)23(25)26/h4-9,18H,3,22H2,1-2H3/t18-/m0/s1. The number of nitrogens with zero attached hydrogens (tertiary/aromatic N) is 2. The smallest absolute Gasteiger partial charge is 0.338 e. The number of carbonyl (C=O) groups is 1. The van der Waals surface area contributed by atoms with Crippen LogP contribution in [0.5, 0.6) is 0 Å². The first-order chi connectivity index (χ1) is 13.9. The summed E-state index contributed by atoms with van der Waals surface area (Å²) in [5.41, 5.74) is 6.05. The Morgan fingerprint density at radius 2 is 2.07 bits per heavy atom. The molecule has 0 saturated carbocycles. The van der Waals surface area contributed by atoms with Crippen molar-refractivity contribution in [3.8, 4) is 17.4 Å². The highest BCUT2D eigenvalue weighted by Gasteiger charge is 2.38. The first-order valence-electron chi connectivity index (χ1n) is 8.68. The van der Waals surface area contributed by atoms with Gasteiger partial charge in [0.05, 0.1) is 28.6 Å². The molecule has 148 valence electrons. The summed E-state index contributed by atoms with van der Waals surface area (Å²) >= 11 is 0. The number of nitrogens with two attached hydrogens (primary N) is 1. The fraction of sp³-hybridized carbons (Fsp3) is 0.200. The van der Waals surface area contributed by atoms with E-state index >= 15 is 0 Å². The van der Waals surface area contributed by atoms with Crippen molar-refractivity contribution in [3.63, 3.8) is 0 Å². The maximum Gasteiger partial charge on any atom is 0.338 e. The van der Waals surface area contributed by atoms with Crippen LogP contribution >= 0.6 is 0 Å². The SMILES string of the molecule is CCOC(=O)C1=C(C)OC(N)=C(C#N)[C@H]1c1ccc(-c2ccccc2[N+](=O)[O-])o1. The van der Waals surface area contributed by atoms with Crippen molar-refractivity contribution in [1.29, 1.82) is 5.26 Å². The highest BCUT2D eigenvalue weighted by atomic mass is 16.6. The summed E-state index contributed by atoms with van der Waals surface area (Å²) in [5, 5.41) is 20.9. The van der Waals surface area contributed by atoms with Gasteiger partial charge < -0.3 is 19.6 Å². The maximum absolute atomic E-state index is 12.5. The zero-order valence-corrected chi connectivity index (χ0v) is 15.7. The zero-order valence-electron chi connectivity index (χ0n) is 15.7. The second-order valence-electron chi connectivity index (χ2n) is 6.09. The van der Waals surface area contributed by atoms with E-state index in [0.717, 1.165) is 0 Å². The van der Waals surface area contributed by atoms with E-state index in [9.17, 15) is 20.2 Å². The van der Waals surface area contributed by atoms with Crippen LogP contribution < -0.4 is 5.73 Å². The van der Waals surface area contributed by atoms with E-state index in [4.69, 9.17) is 19.6 Å². The summed E-state index contributed by atoms with van der Waals surface area (Å²) in [6.45, 7) is 3.32. The molecule has 1 aliphatic rings. The lowest BCUT2D eigenvalue weighted by atomic mass is 9.87. The molecule has 0 unspecified atom stereocenters. The number of nitriles is 1. The Morgan fingerprint density at radius 3 is 2.72 bits per heavy atom. The van der Waals surface area contributed by atoms with Gasteiger partial charge in [-0.05, 0) is 32.0 Å². The molecule has 9 nitrogen and oxygen atoms in total. The molecule has 2 aromatic rings. The Balaban J connectivity index is 2.13. The Hall–Kier alpha value is -4.06. The van der Waals surface area contributed by atoms with Crippen LogP contribution in [0.3, 0.4) is 0 Å². The molecule has 0 saturated heterocycles. The minimum absolute atomic E-state index is 0.0119. The van der Waals surface area contributed by atoms with Crippen LogP contribution in [0, 0.1) is 21.4 Å². The van der Waals surface area contributed by atoms with Crippen molar-refractivity contribution in [3.05, 3.63) is 75.1 Å². The molecule has 0 spiro atoms. The lowest BCUT2D eigenvalue weighted by Crippen LogP contribution is -2.25. The number of esters is 1. The Bertz CT molecular complexity index is 1090. The number of para-hydroxylation sites is 1. The van der Waals surface area contributed by atoms with E-state index in [1.54, 1.807) is 31.2 Å². The minimum Gasteiger partial charge on any atom is -0.463 e. The number of allylic oxidation sites excluding steroid dienone is 2. The average Bonchev–Trinajstić information content (AvgIpc) is 3.17. The molecular formula is C20H17N3O6. The highest BCUT2D eigenvalue weighted by Crippen LogP contribution is 2.42. The minimum atomic E-state index is -0.954. The fourth-order valence-corrected chi connectivity index (χ4v) is 3.13. The van der Waals surface area contributed by atoms with Crippen molar-refractivity contribution in [2.24, 2.45) is 5.73 Å². The Morgan fingerprint density at radius 1 is 1.34 bits per heavy atom. The van der Waals surface area contributed by atoms with Crippen LogP contribution in [-0.2, 0) is 14.3 Å². The molecule has 0 fully saturated rings. The topological polar surface area (TPSA) is 142 Å². The molecule has 1 aliphatic heterocycles. The van der Waals surface area contributed by atoms with E-state index < -0.39 is 16.8 Å². The second-order valence-corrected chi connectivity index (χ2v) is 6.09. The predicted molar refractivity (Wildman–Crippen MR) is 101 cm³/mol. The summed E-state index contributed by atoms with van der Waals surface area (Å²) < 4.78 is 16.3. The number of benzene rings is 1. The number of ether oxygens (including phenoxy) is 2. The largest absolute Gasteiger partial charge is 0.463 e. The lowest BCUT2D eigenvalue weighted by molar-refractivity contribution is -0.384. The average molecular weight is 395 g/mol.